The highest BCUT2D eigenvalue weighted by molar-refractivity contribution is 14.1. The third kappa shape index (κ3) is 3.28. The first-order valence-corrected chi connectivity index (χ1v) is 7.38. The van der Waals surface area contributed by atoms with Gasteiger partial charge in [-0.05, 0) is 53.3 Å². The molecule has 0 aliphatic heterocycles. The van der Waals surface area contributed by atoms with E-state index in [9.17, 15) is 4.39 Å². The van der Waals surface area contributed by atoms with Crippen LogP contribution in [0.1, 0.15) is 24.1 Å². The van der Waals surface area contributed by atoms with E-state index >= 15 is 0 Å². The minimum absolute atomic E-state index is 0.245. The van der Waals surface area contributed by atoms with Gasteiger partial charge in [-0.15, -0.1) is 0 Å². The SMILES string of the molecule is CCOc1ccccc1C(NN)c1ccc(F)cc1I. The summed E-state index contributed by atoms with van der Waals surface area (Å²) < 4.78 is 19.7. The van der Waals surface area contributed by atoms with Gasteiger partial charge in [-0.25, -0.2) is 9.82 Å². The van der Waals surface area contributed by atoms with E-state index < -0.39 is 0 Å². The first-order chi connectivity index (χ1) is 9.67. The summed E-state index contributed by atoms with van der Waals surface area (Å²) in [5.74, 6) is 6.22. The van der Waals surface area contributed by atoms with Gasteiger partial charge in [0.05, 0.1) is 12.6 Å². The lowest BCUT2D eigenvalue weighted by atomic mass is 9.98. The Morgan fingerprint density at radius 1 is 1.25 bits per heavy atom. The number of para-hydroxylation sites is 1. The quantitative estimate of drug-likeness (QED) is 0.471. The zero-order valence-electron chi connectivity index (χ0n) is 11.1. The summed E-state index contributed by atoms with van der Waals surface area (Å²) in [5.41, 5.74) is 4.64. The molecule has 0 radical (unpaired) electrons. The number of benzene rings is 2. The van der Waals surface area contributed by atoms with Gasteiger partial charge >= 0.3 is 0 Å². The van der Waals surface area contributed by atoms with Crippen molar-refractivity contribution in [2.24, 2.45) is 5.84 Å². The molecule has 0 bridgehead atoms. The molecule has 0 spiro atoms. The lowest BCUT2D eigenvalue weighted by molar-refractivity contribution is 0.333. The Balaban J connectivity index is 2.47. The minimum Gasteiger partial charge on any atom is -0.494 e. The van der Waals surface area contributed by atoms with Crippen molar-refractivity contribution in [3.63, 3.8) is 0 Å². The monoisotopic (exact) mass is 386 g/mol. The average Bonchev–Trinajstić information content (AvgIpc) is 2.44. The maximum Gasteiger partial charge on any atom is 0.124 e. The summed E-state index contributed by atoms with van der Waals surface area (Å²) in [6.07, 6.45) is 0. The Bertz CT molecular complexity index is 592. The van der Waals surface area contributed by atoms with Gasteiger partial charge in [-0.1, -0.05) is 24.3 Å². The number of ether oxygens (including phenoxy) is 1. The normalized spacial score (nSPS) is 12.2. The summed E-state index contributed by atoms with van der Waals surface area (Å²) in [5, 5.41) is 0. The Labute approximate surface area is 131 Å². The fraction of sp³-hybridized carbons (Fsp3) is 0.200. The predicted octanol–water partition coefficient (Wildman–Crippen LogP) is 3.38. The molecule has 0 amide bonds. The molecule has 2 aromatic rings. The number of halogens is 2. The second kappa shape index (κ2) is 7.01. The van der Waals surface area contributed by atoms with Gasteiger partial charge < -0.3 is 4.74 Å². The molecule has 0 aliphatic carbocycles. The van der Waals surface area contributed by atoms with E-state index in [1.807, 2.05) is 31.2 Å². The van der Waals surface area contributed by atoms with E-state index in [0.29, 0.717) is 6.61 Å². The fourth-order valence-corrected chi connectivity index (χ4v) is 2.88. The van der Waals surface area contributed by atoms with Crippen molar-refractivity contribution in [2.45, 2.75) is 13.0 Å². The van der Waals surface area contributed by atoms with Crippen LogP contribution in [-0.2, 0) is 0 Å². The smallest absolute Gasteiger partial charge is 0.124 e. The Kier molecular flexibility index (Phi) is 5.33. The molecule has 3 N–H and O–H groups in total. The molecular weight excluding hydrogens is 370 g/mol. The summed E-state index contributed by atoms with van der Waals surface area (Å²) in [6.45, 7) is 2.51. The van der Waals surface area contributed by atoms with Crippen LogP contribution in [0.4, 0.5) is 4.39 Å². The molecule has 0 saturated carbocycles. The maximum atomic E-state index is 13.2. The van der Waals surface area contributed by atoms with Crippen LogP contribution in [-0.4, -0.2) is 6.61 Å². The van der Waals surface area contributed by atoms with Crippen LogP contribution in [0.15, 0.2) is 42.5 Å². The second-order valence-electron chi connectivity index (χ2n) is 4.24. The number of rotatable bonds is 5. The van der Waals surface area contributed by atoms with Gasteiger partial charge in [-0.2, -0.15) is 0 Å². The van der Waals surface area contributed by atoms with Crippen LogP contribution in [0.25, 0.3) is 0 Å². The van der Waals surface area contributed by atoms with Crippen LogP contribution in [0.5, 0.6) is 5.75 Å². The number of hydrogen-bond donors (Lipinski definition) is 2. The highest BCUT2D eigenvalue weighted by Crippen LogP contribution is 2.32. The zero-order chi connectivity index (χ0) is 14.5. The summed E-state index contributed by atoms with van der Waals surface area (Å²) in [6, 6.07) is 12.1. The standard InChI is InChI=1S/C15H16FIN2O/c1-2-20-14-6-4-3-5-12(14)15(19-18)11-8-7-10(16)9-13(11)17/h3-9,15,19H,2,18H2,1H3. The van der Waals surface area contributed by atoms with E-state index in [2.05, 4.69) is 28.0 Å². The van der Waals surface area contributed by atoms with E-state index in [0.717, 1.165) is 20.4 Å². The molecule has 2 aromatic carbocycles. The molecule has 0 saturated heterocycles. The van der Waals surface area contributed by atoms with Crippen molar-refractivity contribution in [1.82, 2.24) is 5.43 Å². The molecule has 106 valence electrons. The van der Waals surface area contributed by atoms with Crippen LogP contribution in [0.2, 0.25) is 0 Å². The first-order valence-electron chi connectivity index (χ1n) is 6.30. The van der Waals surface area contributed by atoms with E-state index in [-0.39, 0.29) is 11.9 Å². The van der Waals surface area contributed by atoms with Crippen molar-refractivity contribution in [3.8, 4) is 5.75 Å². The topological polar surface area (TPSA) is 47.3 Å². The van der Waals surface area contributed by atoms with Gasteiger partial charge in [0.15, 0.2) is 0 Å². The van der Waals surface area contributed by atoms with Gasteiger partial charge in [0.2, 0.25) is 0 Å². The van der Waals surface area contributed by atoms with Crippen molar-refractivity contribution in [2.75, 3.05) is 6.61 Å². The summed E-state index contributed by atoms with van der Waals surface area (Å²) >= 11 is 2.11. The molecule has 0 heterocycles. The Morgan fingerprint density at radius 3 is 2.65 bits per heavy atom. The van der Waals surface area contributed by atoms with Gasteiger partial charge in [0.25, 0.3) is 0 Å². The molecular formula is C15H16FIN2O. The molecule has 1 unspecified atom stereocenters. The van der Waals surface area contributed by atoms with Gasteiger partial charge in [-0.3, -0.25) is 5.84 Å². The molecule has 5 heteroatoms. The molecule has 2 rings (SSSR count). The van der Waals surface area contributed by atoms with E-state index in [1.54, 1.807) is 6.07 Å². The minimum atomic E-state index is -0.257. The zero-order valence-corrected chi connectivity index (χ0v) is 13.2. The average molecular weight is 386 g/mol. The molecule has 0 aliphatic rings. The van der Waals surface area contributed by atoms with Crippen LogP contribution < -0.4 is 16.0 Å². The fourth-order valence-electron chi connectivity index (χ4n) is 2.09. The van der Waals surface area contributed by atoms with Gasteiger partial charge in [0.1, 0.15) is 11.6 Å². The van der Waals surface area contributed by atoms with Crippen molar-refractivity contribution in [3.05, 3.63) is 63.0 Å². The number of hydrazine groups is 1. The summed E-state index contributed by atoms with van der Waals surface area (Å²) in [4.78, 5) is 0. The van der Waals surface area contributed by atoms with Crippen molar-refractivity contribution in [1.29, 1.82) is 0 Å². The summed E-state index contributed by atoms with van der Waals surface area (Å²) in [7, 11) is 0. The molecule has 0 fully saturated rings. The third-order valence-electron chi connectivity index (χ3n) is 2.97. The van der Waals surface area contributed by atoms with E-state index in [1.165, 1.54) is 12.1 Å². The maximum absolute atomic E-state index is 13.2. The van der Waals surface area contributed by atoms with Gasteiger partial charge in [0, 0.05) is 9.13 Å². The number of nitrogens with one attached hydrogen (secondary N) is 1. The van der Waals surface area contributed by atoms with Crippen LogP contribution in [0.3, 0.4) is 0 Å². The lowest BCUT2D eigenvalue weighted by Gasteiger charge is -2.21. The molecule has 3 nitrogen and oxygen atoms in total. The molecule has 20 heavy (non-hydrogen) atoms. The van der Waals surface area contributed by atoms with Crippen molar-refractivity contribution < 1.29 is 9.13 Å². The van der Waals surface area contributed by atoms with E-state index in [4.69, 9.17) is 10.6 Å². The predicted molar refractivity (Wildman–Crippen MR) is 85.9 cm³/mol. The first kappa shape index (κ1) is 15.2. The van der Waals surface area contributed by atoms with Crippen molar-refractivity contribution >= 4 is 22.6 Å². The van der Waals surface area contributed by atoms with Crippen LogP contribution in [0, 0.1) is 9.39 Å². The highest BCUT2D eigenvalue weighted by Gasteiger charge is 2.19. The lowest BCUT2D eigenvalue weighted by Crippen LogP contribution is -2.29. The number of nitrogens with two attached hydrogens (primary N) is 1. The second-order valence-corrected chi connectivity index (χ2v) is 5.40. The Morgan fingerprint density at radius 2 is 2.00 bits per heavy atom. The number of hydrogen-bond acceptors (Lipinski definition) is 3. The molecule has 0 aromatic heterocycles. The largest absolute Gasteiger partial charge is 0.494 e. The highest BCUT2D eigenvalue weighted by atomic mass is 127. The Hall–Kier alpha value is -1.18. The third-order valence-corrected chi connectivity index (χ3v) is 3.90. The van der Waals surface area contributed by atoms with Crippen LogP contribution >= 0.6 is 22.6 Å². The molecule has 1 atom stereocenters.